The van der Waals surface area contributed by atoms with Gasteiger partial charge in [-0.25, -0.2) is 0 Å². The molecule has 3 N–H and O–H groups in total. The van der Waals surface area contributed by atoms with E-state index in [-0.39, 0.29) is 48.4 Å². The molecule has 0 aromatic heterocycles. The molecule has 1 rings (SSSR count). The molecule has 0 saturated heterocycles. The van der Waals surface area contributed by atoms with Gasteiger partial charge in [-0.05, 0) is 53.4 Å². The Kier molecular flexibility index (Phi) is 10.6. The molecule has 0 atom stereocenters. The van der Waals surface area contributed by atoms with Crippen LogP contribution in [0.2, 0.25) is 0 Å². The van der Waals surface area contributed by atoms with Gasteiger partial charge in [-0.1, -0.05) is 0 Å². The van der Waals surface area contributed by atoms with Gasteiger partial charge in [0.25, 0.3) is 0 Å². The predicted molar refractivity (Wildman–Crippen MR) is 104 cm³/mol. The molecule has 0 amide bonds. The lowest BCUT2D eigenvalue weighted by Gasteiger charge is -2.31. The molecule has 24 heavy (non-hydrogen) atoms. The molecule has 8 heteroatoms. The Morgan fingerprint density at radius 1 is 1.08 bits per heavy atom. The first-order valence-electron chi connectivity index (χ1n) is 8.48. The van der Waals surface area contributed by atoms with Gasteiger partial charge >= 0.3 is 6.18 Å². The van der Waals surface area contributed by atoms with Crippen molar-refractivity contribution in [1.29, 1.82) is 0 Å². The van der Waals surface area contributed by atoms with Crippen molar-refractivity contribution >= 4 is 29.9 Å². The Morgan fingerprint density at radius 3 is 2.12 bits per heavy atom. The van der Waals surface area contributed by atoms with Gasteiger partial charge in [-0.3, -0.25) is 4.99 Å². The topological polar surface area (TPSA) is 48.5 Å². The van der Waals surface area contributed by atoms with Gasteiger partial charge in [0.15, 0.2) is 5.96 Å². The van der Waals surface area contributed by atoms with Crippen LogP contribution in [0.5, 0.6) is 0 Å². The third kappa shape index (κ3) is 9.90. The summed E-state index contributed by atoms with van der Waals surface area (Å²) in [4.78, 5) is 4.49. The molecular formula is C16H32F3IN4. The molecule has 0 radical (unpaired) electrons. The molecule has 0 aromatic carbocycles. The van der Waals surface area contributed by atoms with E-state index >= 15 is 0 Å². The molecule has 1 fully saturated rings. The van der Waals surface area contributed by atoms with Crippen molar-refractivity contribution in [2.24, 2.45) is 10.9 Å². The Labute approximate surface area is 160 Å². The normalized spacial score (nSPS) is 22.7. The summed E-state index contributed by atoms with van der Waals surface area (Å²) in [6.45, 7) is 10.4. The highest BCUT2D eigenvalue weighted by Gasteiger charge is 2.41. The molecule has 1 saturated carbocycles. The molecule has 0 heterocycles. The predicted octanol–water partition coefficient (Wildman–Crippen LogP) is 3.67. The zero-order valence-electron chi connectivity index (χ0n) is 15.1. The smallest absolute Gasteiger partial charge is 0.357 e. The van der Waals surface area contributed by atoms with Crippen LogP contribution >= 0.6 is 24.0 Å². The minimum atomic E-state index is -4.05. The van der Waals surface area contributed by atoms with Crippen LogP contribution in [-0.4, -0.2) is 43.4 Å². The largest absolute Gasteiger partial charge is 0.391 e. The summed E-state index contributed by atoms with van der Waals surface area (Å²) < 4.78 is 38.1. The van der Waals surface area contributed by atoms with E-state index in [4.69, 9.17) is 0 Å². The maximum Gasteiger partial charge on any atom is 0.391 e. The Morgan fingerprint density at radius 2 is 1.67 bits per heavy atom. The molecular weight excluding hydrogens is 432 g/mol. The van der Waals surface area contributed by atoms with Crippen LogP contribution in [0, 0.1) is 5.92 Å². The maximum atomic E-state index is 12.7. The summed E-state index contributed by atoms with van der Waals surface area (Å²) in [5.41, 5.74) is 0.0529. The second-order valence-electron chi connectivity index (χ2n) is 7.17. The highest BCUT2D eigenvalue weighted by atomic mass is 127. The van der Waals surface area contributed by atoms with Gasteiger partial charge in [-0.15, -0.1) is 24.0 Å². The van der Waals surface area contributed by atoms with Crippen LogP contribution in [0.1, 0.15) is 53.4 Å². The third-order valence-electron chi connectivity index (χ3n) is 3.91. The SMILES string of the molecule is CCNC(=NCCNC(C)(C)C)NC1CCC(C(F)(F)F)CC1.I. The van der Waals surface area contributed by atoms with Gasteiger partial charge in [0.2, 0.25) is 0 Å². The fourth-order valence-corrected chi connectivity index (χ4v) is 2.68. The number of halogens is 4. The van der Waals surface area contributed by atoms with E-state index in [9.17, 15) is 13.2 Å². The number of rotatable bonds is 5. The second-order valence-corrected chi connectivity index (χ2v) is 7.17. The van der Waals surface area contributed by atoms with Crippen molar-refractivity contribution in [2.45, 2.75) is 71.1 Å². The molecule has 0 bridgehead atoms. The van der Waals surface area contributed by atoms with Gasteiger partial charge in [-0.2, -0.15) is 13.2 Å². The summed E-state index contributed by atoms with van der Waals surface area (Å²) in [6.07, 6.45) is -2.58. The van der Waals surface area contributed by atoms with E-state index < -0.39 is 12.1 Å². The average Bonchev–Trinajstić information content (AvgIpc) is 2.42. The highest BCUT2D eigenvalue weighted by Crippen LogP contribution is 2.37. The number of aliphatic imine (C=N–C) groups is 1. The summed E-state index contributed by atoms with van der Waals surface area (Å²) in [5.74, 6) is -0.449. The summed E-state index contributed by atoms with van der Waals surface area (Å²) >= 11 is 0. The standard InChI is InChI=1S/C16H31F3N4.HI/c1-5-20-14(21-10-11-22-15(2,3)4)23-13-8-6-12(7-9-13)16(17,18)19;/h12-13,22H,5-11H2,1-4H3,(H2,20,21,23);1H. The number of hydrogen-bond acceptors (Lipinski definition) is 2. The number of alkyl halides is 3. The lowest BCUT2D eigenvalue weighted by molar-refractivity contribution is -0.182. The lowest BCUT2D eigenvalue weighted by Crippen LogP contribution is -2.46. The van der Waals surface area contributed by atoms with E-state index in [2.05, 4.69) is 41.7 Å². The Balaban J connectivity index is 0.00000529. The Bertz CT molecular complexity index is 372. The first-order chi connectivity index (χ1) is 10.6. The zero-order valence-corrected chi connectivity index (χ0v) is 17.4. The van der Waals surface area contributed by atoms with Crippen molar-refractivity contribution in [3.63, 3.8) is 0 Å². The lowest BCUT2D eigenvalue weighted by atomic mass is 9.85. The fourth-order valence-electron chi connectivity index (χ4n) is 2.68. The van der Waals surface area contributed by atoms with Crippen LogP contribution < -0.4 is 16.0 Å². The van der Waals surface area contributed by atoms with Crippen LogP contribution in [0.4, 0.5) is 13.2 Å². The van der Waals surface area contributed by atoms with Gasteiger partial charge < -0.3 is 16.0 Å². The van der Waals surface area contributed by atoms with Crippen molar-refractivity contribution in [3.05, 3.63) is 0 Å². The molecule has 0 aliphatic heterocycles. The molecule has 4 nitrogen and oxygen atoms in total. The highest BCUT2D eigenvalue weighted by molar-refractivity contribution is 14.0. The number of nitrogens with one attached hydrogen (secondary N) is 3. The number of guanidine groups is 1. The first kappa shape index (κ1) is 23.8. The van der Waals surface area contributed by atoms with E-state index in [0.29, 0.717) is 25.3 Å². The van der Waals surface area contributed by atoms with Crippen LogP contribution in [0.25, 0.3) is 0 Å². The minimum absolute atomic E-state index is 0. The van der Waals surface area contributed by atoms with Crippen molar-refractivity contribution in [2.75, 3.05) is 19.6 Å². The first-order valence-corrected chi connectivity index (χ1v) is 8.48. The maximum absolute atomic E-state index is 12.7. The quantitative estimate of drug-likeness (QED) is 0.252. The van der Waals surface area contributed by atoms with Crippen molar-refractivity contribution in [3.8, 4) is 0 Å². The summed E-state index contributed by atoms with van der Waals surface area (Å²) in [5, 5.41) is 9.79. The van der Waals surface area contributed by atoms with Crippen molar-refractivity contribution in [1.82, 2.24) is 16.0 Å². The third-order valence-corrected chi connectivity index (χ3v) is 3.91. The van der Waals surface area contributed by atoms with E-state index in [1.165, 1.54) is 0 Å². The molecule has 0 aromatic rings. The average molecular weight is 464 g/mol. The van der Waals surface area contributed by atoms with Crippen LogP contribution in [-0.2, 0) is 0 Å². The molecule has 0 unspecified atom stereocenters. The van der Waals surface area contributed by atoms with E-state index in [1.54, 1.807) is 0 Å². The molecule has 1 aliphatic carbocycles. The van der Waals surface area contributed by atoms with Crippen molar-refractivity contribution < 1.29 is 13.2 Å². The summed E-state index contributed by atoms with van der Waals surface area (Å²) in [7, 11) is 0. The number of hydrogen-bond donors (Lipinski definition) is 3. The zero-order chi connectivity index (χ0) is 17.5. The Hall–Kier alpha value is -0.250. The second kappa shape index (κ2) is 10.7. The summed E-state index contributed by atoms with van der Waals surface area (Å²) in [6, 6.07) is 0.0713. The van der Waals surface area contributed by atoms with Gasteiger partial charge in [0.1, 0.15) is 0 Å². The van der Waals surface area contributed by atoms with E-state index in [0.717, 1.165) is 13.1 Å². The molecule has 0 spiro atoms. The monoisotopic (exact) mass is 464 g/mol. The van der Waals surface area contributed by atoms with Gasteiger partial charge in [0, 0.05) is 24.7 Å². The van der Waals surface area contributed by atoms with Crippen LogP contribution in [0.15, 0.2) is 4.99 Å². The minimum Gasteiger partial charge on any atom is -0.357 e. The molecule has 1 aliphatic rings. The van der Waals surface area contributed by atoms with E-state index in [1.807, 2.05) is 6.92 Å². The van der Waals surface area contributed by atoms with Gasteiger partial charge in [0.05, 0.1) is 12.5 Å². The van der Waals surface area contributed by atoms with Crippen LogP contribution in [0.3, 0.4) is 0 Å². The number of nitrogens with zero attached hydrogens (tertiary/aromatic N) is 1. The molecule has 144 valence electrons. The fraction of sp³-hybridized carbons (Fsp3) is 0.938.